The van der Waals surface area contributed by atoms with Crippen LogP contribution in [-0.2, 0) is 0 Å². The van der Waals surface area contributed by atoms with Gasteiger partial charge in [-0.1, -0.05) is 19.9 Å². The van der Waals surface area contributed by atoms with Crippen molar-refractivity contribution in [3.63, 3.8) is 0 Å². The maximum Gasteiger partial charge on any atom is 0.161 e. The molecule has 156 valence electrons. The van der Waals surface area contributed by atoms with Gasteiger partial charge in [-0.2, -0.15) is 0 Å². The minimum absolute atomic E-state index is 0.265. The number of hydrogen-bond acceptors (Lipinski definition) is 5. The summed E-state index contributed by atoms with van der Waals surface area (Å²) >= 11 is 0. The summed E-state index contributed by atoms with van der Waals surface area (Å²) in [6, 6.07) is 11.2. The smallest absolute Gasteiger partial charge is 0.161 e. The molecule has 1 aromatic heterocycles. The van der Waals surface area contributed by atoms with Crippen LogP contribution in [0, 0.1) is 13.8 Å². The van der Waals surface area contributed by atoms with Gasteiger partial charge in [0.15, 0.2) is 17.3 Å². The summed E-state index contributed by atoms with van der Waals surface area (Å²) in [7, 11) is 3.22. The van der Waals surface area contributed by atoms with Gasteiger partial charge >= 0.3 is 0 Å². The van der Waals surface area contributed by atoms with Gasteiger partial charge in [0.25, 0.3) is 0 Å². The number of allylic oxidation sites excluding steroid dienone is 1. The van der Waals surface area contributed by atoms with Gasteiger partial charge in [0.1, 0.15) is 5.75 Å². The number of methoxy groups -OCH3 is 2. The Hall–Kier alpha value is -3.34. The second-order valence-electron chi connectivity index (χ2n) is 7.29. The summed E-state index contributed by atoms with van der Waals surface area (Å²) in [4.78, 5) is 9.75. The minimum atomic E-state index is 0.265. The first-order valence-electron chi connectivity index (χ1n) is 9.98. The molecular formula is C25H28N2O3. The highest BCUT2D eigenvalue weighted by Crippen LogP contribution is 2.35. The van der Waals surface area contributed by atoms with Crippen LogP contribution in [0.3, 0.4) is 0 Å². The second kappa shape index (κ2) is 8.99. The molecule has 2 aromatic carbocycles. The third kappa shape index (κ3) is 4.15. The van der Waals surface area contributed by atoms with Crippen LogP contribution in [0.1, 0.15) is 36.6 Å². The van der Waals surface area contributed by atoms with Crippen LogP contribution in [0.2, 0.25) is 0 Å². The molecule has 0 aliphatic heterocycles. The zero-order chi connectivity index (χ0) is 21.8. The van der Waals surface area contributed by atoms with E-state index in [2.05, 4.69) is 13.5 Å². The van der Waals surface area contributed by atoms with E-state index in [9.17, 15) is 5.11 Å². The average Bonchev–Trinajstić information content (AvgIpc) is 2.75. The van der Waals surface area contributed by atoms with E-state index in [0.29, 0.717) is 17.3 Å². The van der Waals surface area contributed by atoms with Gasteiger partial charge in [0.2, 0.25) is 0 Å². The number of ether oxygens (including phenoxy) is 2. The molecule has 5 heteroatoms. The Bertz CT molecular complexity index is 1090. The van der Waals surface area contributed by atoms with E-state index < -0.39 is 0 Å². The summed E-state index contributed by atoms with van der Waals surface area (Å²) in [5.74, 6) is 2.13. The highest BCUT2D eigenvalue weighted by Gasteiger charge is 2.17. The Morgan fingerprint density at radius 3 is 2.30 bits per heavy atom. The fraction of sp³-hybridized carbons (Fsp3) is 0.280. The minimum Gasteiger partial charge on any atom is -0.508 e. The van der Waals surface area contributed by atoms with Crippen molar-refractivity contribution in [1.29, 1.82) is 0 Å². The molecule has 0 atom stereocenters. The molecule has 0 saturated carbocycles. The van der Waals surface area contributed by atoms with Crippen molar-refractivity contribution in [3.8, 4) is 39.9 Å². The Morgan fingerprint density at radius 2 is 1.67 bits per heavy atom. The van der Waals surface area contributed by atoms with Crippen molar-refractivity contribution in [3.05, 3.63) is 59.8 Å². The van der Waals surface area contributed by atoms with Crippen LogP contribution >= 0.6 is 0 Å². The largest absolute Gasteiger partial charge is 0.508 e. The Balaban J connectivity index is 2.24. The highest BCUT2D eigenvalue weighted by molar-refractivity contribution is 5.75. The lowest BCUT2D eigenvalue weighted by Crippen LogP contribution is -2.03. The van der Waals surface area contributed by atoms with Crippen molar-refractivity contribution in [1.82, 2.24) is 9.97 Å². The van der Waals surface area contributed by atoms with Gasteiger partial charge in [-0.15, -0.1) is 0 Å². The maximum absolute atomic E-state index is 9.94. The number of aromatic nitrogens is 2. The number of phenolic OH excluding ortho intramolecular Hbond substituents is 1. The topological polar surface area (TPSA) is 64.5 Å². The number of phenols is 1. The van der Waals surface area contributed by atoms with Crippen molar-refractivity contribution in [2.24, 2.45) is 0 Å². The summed E-state index contributed by atoms with van der Waals surface area (Å²) in [6.07, 6.45) is 1.85. The average molecular weight is 405 g/mol. The summed E-state index contributed by atoms with van der Waals surface area (Å²) in [5, 5.41) is 9.94. The summed E-state index contributed by atoms with van der Waals surface area (Å²) in [5.41, 5.74) is 6.20. The quantitative estimate of drug-likeness (QED) is 0.526. The zero-order valence-corrected chi connectivity index (χ0v) is 18.2. The third-order valence-electron chi connectivity index (χ3n) is 5.14. The number of aromatic hydroxyl groups is 1. The van der Waals surface area contributed by atoms with Gasteiger partial charge in [-0.3, -0.25) is 0 Å². The number of rotatable bonds is 7. The first-order valence-corrected chi connectivity index (χ1v) is 9.98. The predicted octanol–water partition coefficient (Wildman–Crippen LogP) is 5.96. The molecule has 0 unspecified atom stereocenters. The van der Waals surface area contributed by atoms with Crippen molar-refractivity contribution < 1.29 is 14.6 Å². The third-order valence-corrected chi connectivity index (χ3v) is 5.14. The molecule has 0 amide bonds. The van der Waals surface area contributed by atoms with E-state index >= 15 is 0 Å². The van der Waals surface area contributed by atoms with Gasteiger partial charge in [0.05, 0.1) is 25.6 Å². The molecule has 0 saturated heterocycles. The van der Waals surface area contributed by atoms with Gasteiger partial charge < -0.3 is 14.6 Å². The van der Waals surface area contributed by atoms with E-state index in [1.54, 1.807) is 20.3 Å². The van der Waals surface area contributed by atoms with Crippen LogP contribution < -0.4 is 9.47 Å². The molecule has 0 spiro atoms. The molecule has 0 radical (unpaired) electrons. The molecule has 3 rings (SSSR count). The lowest BCUT2D eigenvalue weighted by Gasteiger charge is -2.16. The van der Waals surface area contributed by atoms with Crippen LogP contribution in [0.4, 0.5) is 0 Å². The van der Waals surface area contributed by atoms with Crippen LogP contribution in [-0.4, -0.2) is 29.3 Å². The molecule has 3 aromatic rings. The molecule has 5 nitrogen and oxygen atoms in total. The zero-order valence-electron chi connectivity index (χ0n) is 18.2. The summed E-state index contributed by atoms with van der Waals surface area (Å²) in [6.45, 7) is 10.3. The lowest BCUT2D eigenvalue weighted by molar-refractivity contribution is 0.355. The fourth-order valence-electron chi connectivity index (χ4n) is 3.47. The lowest BCUT2D eigenvalue weighted by atomic mass is 9.98. The monoisotopic (exact) mass is 404 g/mol. The van der Waals surface area contributed by atoms with Crippen LogP contribution in [0.5, 0.6) is 17.2 Å². The van der Waals surface area contributed by atoms with Crippen molar-refractivity contribution in [2.75, 3.05) is 14.2 Å². The van der Waals surface area contributed by atoms with E-state index in [0.717, 1.165) is 52.1 Å². The van der Waals surface area contributed by atoms with Gasteiger partial charge in [-0.25, -0.2) is 9.97 Å². The molecule has 0 fully saturated rings. The molecule has 0 aliphatic rings. The molecule has 0 bridgehead atoms. The van der Waals surface area contributed by atoms with Crippen LogP contribution in [0.25, 0.3) is 28.2 Å². The first-order chi connectivity index (χ1) is 14.4. The first kappa shape index (κ1) is 21.4. The van der Waals surface area contributed by atoms with Gasteiger partial charge in [-0.05, 0) is 67.8 Å². The fourth-order valence-corrected chi connectivity index (χ4v) is 3.47. The van der Waals surface area contributed by atoms with Crippen molar-refractivity contribution >= 4 is 5.57 Å². The van der Waals surface area contributed by atoms with Crippen LogP contribution in [0.15, 0.2) is 43.0 Å². The molecule has 30 heavy (non-hydrogen) atoms. The molecular weight excluding hydrogens is 376 g/mol. The molecule has 0 aliphatic carbocycles. The second-order valence-corrected chi connectivity index (χ2v) is 7.29. The van der Waals surface area contributed by atoms with E-state index in [-0.39, 0.29) is 5.75 Å². The number of aryl methyl sites for hydroxylation is 1. The SMILES string of the molecule is C=C(CCC)c1nc(-c2ccc(OC)c(OC)c2)nc(-c2ccc(O)c(C)c2)c1C. The Kier molecular flexibility index (Phi) is 6.40. The van der Waals surface area contributed by atoms with Gasteiger partial charge in [0, 0.05) is 16.7 Å². The standard InChI is InChI=1S/C25H28N2O3/c1-7-8-15(2)23-17(4)24(18-9-11-20(28)16(3)13-18)27-25(26-23)19-10-12-21(29-5)22(14-19)30-6/h9-14,28H,2,7-8H2,1,3-6H3. The maximum atomic E-state index is 9.94. The predicted molar refractivity (Wildman–Crippen MR) is 121 cm³/mol. The van der Waals surface area contributed by atoms with Crippen molar-refractivity contribution in [2.45, 2.75) is 33.6 Å². The highest BCUT2D eigenvalue weighted by atomic mass is 16.5. The molecule has 1 N–H and O–H groups in total. The number of benzene rings is 2. The molecule has 1 heterocycles. The Labute approximate surface area is 178 Å². The Morgan fingerprint density at radius 1 is 0.967 bits per heavy atom. The summed E-state index contributed by atoms with van der Waals surface area (Å²) < 4.78 is 10.8. The normalized spacial score (nSPS) is 10.7. The van der Waals surface area contributed by atoms with E-state index in [1.165, 1.54) is 0 Å². The van der Waals surface area contributed by atoms with E-state index in [1.807, 2.05) is 44.2 Å². The van der Waals surface area contributed by atoms with E-state index in [4.69, 9.17) is 19.4 Å². The number of hydrogen-bond donors (Lipinski definition) is 1. The number of nitrogens with zero attached hydrogens (tertiary/aromatic N) is 2.